The van der Waals surface area contributed by atoms with Crippen LogP contribution in [0.4, 0.5) is 5.69 Å². The van der Waals surface area contributed by atoms with Gasteiger partial charge in [0.15, 0.2) is 5.15 Å². The highest BCUT2D eigenvalue weighted by Crippen LogP contribution is 2.26. The van der Waals surface area contributed by atoms with E-state index in [1.165, 1.54) is 11.0 Å². The van der Waals surface area contributed by atoms with E-state index in [1.54, 1.807) is 13.0 Å². The van der Waals surface area contributed by atoms with Crippen LogP contribution in [0.2, 0.25) is 10.3 Å². The Kier molecular flexibility index (Phi) is 3.73. The van der Waals surface area contributed by atoms with Gasteiger partial charge in [-0.05, 0) is 29.0 Å². The van der Waals surface area contributed by atoms with Gasteiger partial charge in [0, 0.05) is 0 Å². The highest BCUT2D eigenvalue weighted by Gasteiger charge is 2.11. The zero-order chi connectivity index (χ0) is 13.1. The highest BCUT2D eigenvalue weighted by molar-refractivity contribution is 6.34. The number of halogens is 2. The first kappa shape index (κ1) is 12.7. The normalized spacial score (nSPS) is 10.4. The van der Waals surface area contributed by atoms with E-state index in [1.807, 2.05) is 0 Å². The van der Waals surface area contributed by atoms with Crippen LogP contribution in [-0.4, -0.2) is 31.1 Å². The van der Waals surface area contributed by atoms with Crippen LogP contribution in [0.15, 0.2) is 12.4 Å². The lowest BCUT2D eigenvalue weighted by atomic mass is 10.2. The number of tetrazole rings is 1. The van der Waals surface area contributed by atoms with Gasteiger partial charge in [-0.1, -0.05) is 23.2 Å². The second-order valence-electron chi connectivity index (χ2n) is 3.48. The zero-order valence-corrected chi connectivity index (χ0v) is 10.8. The number of carbonyl (C=O) groups excluding carboxylic acids is 1. The van der Waals surface area contributed by atoms with Crippen molar-refractivity contribution < 1.29 is 4.79 Å². The standard InChI is InChI=1S/C9H8Cl2N6O/c1-5-2-6(10)13-9(11)8(5)14-7(18)3-17-4-12-15-16-17/h2,4H,3H2,1H3,(H,14,18). The minimum atomic E-state index is -0.309. The van der Waals surface area contributed by atoms with Gasteiger partial charge in [-0.2, -0.15) is 0 Å². The van der Waals surface area contributed by atoms with Crippen LogP contribution in [-0.2, 0) is 11.3 Å². The number of carbonyl (C=O) groups is 1. The third-order valence-electron chi connectivity index (χ3n) is 2.10. The first-order valence-electron chi connectivity index (χ1n) is 4.89. The molecule has 0 unspecified atom stereocenters. The van der Waals surface area contributed by atoms with Gasteiger partial charge >= 0.3 is 0 Å². The lowest BCUT2D eigenvalue weighted by molar-refractivity contribution is -0.116. The van der Waals surface area contributed by atoms with Gasteiger partial charge in [-0.15, -0.1) is 5.10 Å². The molecule has 1 amide bonds. The summed E-state index contributed by atoms with van der Waals surface area (Å²) in [5.41, 5.74) is 1.16. The summed E-state index contributed by atoms with van der Waals surface area (Å²) in [5.74, 6) is -0.309. The Morgan fingerprint density at radius 2 is 2.28 bits per heavy atom. The summed E-state index contributed by atoms with van der Waals surface area (Å²) >= 11 is 11.6. The summed E-state index contributed by atoms with van der Waals surface area (Å²) in [7, 11) is 0. The van der Waals surface area contributed by atoms with Gasteiger partial charge < -0.3 is 5.32 Å². The van der Waals surface area contributed by atoms with Crippen LogP contribution in [0.1, 0.15) is 5.56 Å². The maximum Gasteiger partial charge on any atom is 0.246 e. The molecule has 0 spiro atoms. The topological polar surface area (TPSA) is 85.6 Å². The van der Waals surface area contributed by atoms with E-state index in [4.69, 9.17) is 23.2 Å². The average Bonchev–Trinajstić information content (AvgIpc) is 2.76. The van der Waals surface area contributed by atoms with Crippen molar-refractivity contribution in [3.8, 4) is 0 Å². The number of nitrogens with one attached hydrogen (secondary N) is 1. The molecule has 0 bridgehead atoms. The molecule has 0 aliphatic heterocycles. The average molecular weight is 287 g/mol. The van der Waals surface area contributed by atoms with Crippen LogP contribution < -0.4 is 5.32 Å². The van der Waals surface area contributed by atoms with E-state index in [0.29, 0.717) is 5.69 Å². The van der Waals surface area contributed by atoms with Crippen molar-refractivity contribution in [2.24, 2.45) is 0 Å². The van der Waals surface area contributed by atoms with Gasteiger partial charge in [0.25, 0.3) is 0 Å². The van der Waals surface area contributed by atoms with Crippen LogP contribution >= 0.6 is 23.2 Å². The van der Waals surface area contributed by atoms with Crippen molar-refractivity contribution in [1.29, 1.82) is 0 Å². The maximum absolute atomic E-state index is 11.7. The number of anilines is 1. The second-order valence-corrected chi connectivity index (χ2v) is 4.23. The van der Waals surface area contributed by atoms with Crippen molar-refractivity contribution in [3.63, 3.8) is 0 Å². The molecule has 7 nitrogen and oxygen atoms in total. The van der Waals surface area contributed by atoms with Gasteiger partial charge in [0.1, 0.15) is 18.0 Å². The molecule has 0 aliphatic rings. The third-order valence-corrected chi connectivity index (χ3v) is 2.57. The highest BCUT2D eigenvalue weighted by atomic mass is 35.5. The molecule has 2 heterocycles. The number of aromatic nitrogens is 5. The molecule has 0 aliphatic carbocycles. The molecule has 2 rings (SSSR count). The predicted molar refractivity (Wildman–Crippen MR) is 65.4 cm³/mol. The van der Waals surface area contributed by atoms with Gasteiger partial charge in [-0.25, -0.2) is 9.67 Å². The molecule has 94 valence electrons. The number of aryl methyl sites for hydroxylation is 1. The predicted octanol–water partition coefficient (Wildman–Crippen LogP) is 1.32. The molecular formula is C9H8Cl2N6O. The Balaban J connectivity index is 2.12. The molecule has 2 aromatic rings. The van der Waals surface area contributed by atoms with Crippen molar-refractivity contribution in [2.45, 2.75) is 13.5 Å². The largest absolute Gasteiger partial charge is 0.322 e. The van der Waals surface area contributed by atoms with Crippen LogP contribution in [0.3, 0.4) is 0 Å². The molecular weight excluding hydrogens is 279 g/mol. The molecule has 1 N–H and O–H groups in total. The molecule has 0 aromatic carbocycles. The Morgan fingerprint density at radius 1 is 1.50 bits per heavy atom. The molecule has 0 saturated heterocycles. The van der Waals surface area contributed by atoms with Gasteiger partial charge in [0.05, 0.1) is 5.69 Å². The van der Waals surface area contributed by atoms with E-state index >= 15 is 0 Å². The molecule has 9 heteroatoms. The number of hydrogen-bond donors (Lipinski definition) is 1. The van der Waals surface area contributed by atoms with E-state index in [2.05, 4.69) is 25.8 Å². The monoisotopic (exact) mass is 286 g/mol. The van der Waals surface area contributed by atoms with Crippen LogP contribution in [0.25, 0.3) is 0 Å². The van der Waals surface area contributed by atoms with Gasteiger partial charge in [0.2, 0.25) is 5.91 Å². The fraction of sp³-hybridized carbons (Fsp3) is 0.222. The van der Waals surface area contributed by atoms with E-state index in [-0.39, 0.29) is 22.8 Å². The second kappa shape index (κ2) is 5.28. The molecule has 0 saturated carbocycles. The van der Waals surface area contributed by atoms with Crippen molar-refractivity contribution in [2.75, 3.05) is 5.32 Å². The quantitative estimate of drug-likeness (QED) is 0.860. The summed E-state index contributed by atoms with van der Waals surface area (Å²) in [5, 5.41) is 13.5. The maximum atomic E-state index is 11.7. The molecule has 2 aromatic heterocycles. The minimum absolute atomic E-state index is 0.00854. The van der Waals surface area contributed by atoms with E-state index in [9.17, 15) is 4.79 Å². The molecule has 0 fully saturated rings. The van der Waals surface area contributed by atoms with Crippen molar-refractivity contribution in [3.05, 3.63) is 28.3 Å². The minimum Gasteiger partial charge on any atom is -0.322 e. The fourth-order valence-corrected chi connectivity index (χ4v) is 1.90. The van der Waals surface area contributed by atoms with Gasteiger partial charge in [-0.3, -0.25) is 4.79 Å². The Morgan fingerprint density at radius 3 is 2.89 bits per heavy atom. The number of amides is 1. The lowest BCUT2D eigenvalue weighted by Gasteiger charge is -2.09. The summed E-state index contributed by atoms with van der Waals surface area (Å²) in [6.45, 7) is 1.76. The Bertz CT molecular complexity index is 547. The fourth-order valence-electron chi connectivity index (χ4n) is 1.32. The Labute approximate surface area is 112 Å². The van der Waals surface area contributed by atoms with Crippen LogP contribution in [0.5, 0.6) is 0 Å². The van der Waals surface area contributed by atoms with E-state index in [0.717, 1.165) is 5.56 Å². The number of nitrogens with zero attached hydrogens (tertiary/aromatic N) is 5. The summed E-state index contributed by atoms with van der Waals surface area (Å²) in [6.07, 6.45) is 1.34. The Hall–Kier alpha value is -1.73. The third kappa shape index (κ3) is 2.93. The van der Waals surface area contributed by atoms with E-state index < -0.39 is 0 Å². The van der Waals surface area contributed by atoms with Crippen LogP contribution in [0, 0.1) is 6.92 Å². The summed E-state index contributed by atoms with van der Waals surface area (Å²) in [4.78, 5) is 15.6. The van der Waals surface area contributed by atoms with Crippen molar-refractivity contribution in [1.82, 2.24) is 25.2 Å². The van der Waals surface area contributed by atoms with Crippen molar-refractivity contribution >= 4 is 34.8 Å². The SMILES string of the molecule is Cc1cc(Cl)nc(Cl)c1NC(=O)Cn1cnnn1. The smallest absolute Gasteiger partial charge is 0.246 e. The number of pyridine rings is 1. The summed E-state index contributed by atoms with van der Waals surface area (Å²) < 4.78 is 1.29. The lowest BCUT2D eigenvalue weighted by Crippen LogP contribution is -2.20. The molecule has 0 atom stereocenters. The number of rotatable bonds is 3. The molecule has 0 radical (unpaired) electrons. The number of hydrogen-bond acceptors (Lipinski definition) is 5. The first-order chi connectivity index (χ1) is 8.56. The summed E-state index contributed by atoms with van der Waals surface area (Å²) in [6, 6.07) is 1.61. The zero-order valence-electron chi connectivity index (χ0n) is 9.26. The molecule has 18 heavy (non-hydrogen) atoms. The first-order valence-corrected chi connectivity index (χ1v) is 5.65.